The Hall–Kier alpha value is -2.52. The van der Waals surface area contributed by atoms with Crippen molar-refractivity contribution in [1.82, 2.24) is 30.6 Å². The van der Waals surface area contributed by atoms with E-state index < -0.39 is 0 Å². The third-order valence-corrected chi connectivity index (χ3v) is 3.91. The highest BCUT2D eigenvalue weighted by Gasteiger charge is 1.94. The molecule has 3 heterocycles. The second-order valence-electron chi connectivity index (χ2n) is 3.25. The summed E-state index contributed by atoms with van der Waals surface area (Å²) in [5.74, 6) is 0. The van der Waals surface area contributed by atoms with Crippen molar-refractivity contribution in [3.8, 4) is 15.6 Å². The van der Waals surface area contributed by atoms with Crippen LogP contribution in [0.25, 0.3) is 0 Å². The monoisotopic (exact) mass is 396 g/mol. The first kappa shape index (κ1) is 19.5. The summed E-state index contributed by atoms with van der Waals surface area (Å²) in [7, 11) is 4.39. The third kappa shape index (κ3) is 7.16. The Balaban J connectivity index is 0.000000180. The van der Waals surface area contributed by atoms with Crippen molar-refractivity contribution in [3.63, 3.8) is 0 Å². The lowest BCUT2D eigenvalue weighted by Crippen LogP contribution is -1.90. The largest absolute Gasteiger partial charge is 0.472 e. The van der Waals surface area contributed by atoms with Gasteiger partial charge in [-0.1, -0.05) is 0 Å². The van der Waals surface area contributed by atoms with Crippen molar-refractivity contribution >= 4 is 34.0 Å². The zero-order valence-corrected chi connectivity index (χ0v) is 15.0. The summed E-state index contributed by atoms with van der Waals surface area (Å²) >= 11 is 2.83. The molecule has 15 heteroatoms. The minimum absolute atomic E-state index is 0.193. The molecule has 3 rings (SSSR count). The summed E-state index contributed by atoms with van der Waals surface area (Å²) < 4.78 is 13.8. The van der Waals surface area contributed by atoms with Crippen molar-refractivity contribution in [1.29, 1.82) is 0 Å². The SMILES string of the molecule is COc1n[nH]c(=O)s1.COc1n[nH]c(=O)s1.COc1n[nH]c(=O)s1. The third-order valence-electron chi connectivity index (χ3n) is 1.78. The Labute approximate surface area is 145 Å². The first-order valence-electron chi connectivity index (χ1n) is 5.77. The molecule has 0 atom stereocenters. The van der Waals surface area contributed by atoms with Crippen molar-refractivity contribution < 1.29 is 14.2 Å². The van der Waals surface area contributed by atoms with Crippen molar-refractivity contribution in [2.45, 2.75) is 0 Å². The fourth-order valence-corrected chi connectivity index (χ4v) is 2.18. The van der Waals surface area contributed by atoms with E-state index in [1.54, 1.807) is 0 Å². The molecule has 0 spiro atoms. The number of nitrogens with one attached hydrogen (secondary N) is 3. The molecule has 0 aliphatic rings. The van der Waals surface area contributed by atoms with E-state index in [1.807, 2.05) is 0 Å². The number of hydrogen-bond acceptors (Lipinski definition) is 12. The summed E-state index contributed by atoms with van der Waals surface area (Å²) in [6, 6.07) is 0. The summed E-state index contributed by atoms with van der Waals surface area (Å²) in [5, 5.41) is 18.2. The number of rotatable bonds is 3. The second-order valence-corrected chi connectivity index (χ2v) is 6.02. The average Bonchev–Trinajstić information content (AvgIpc) is 3.30. The van der Waals surface area contributed by atoms with E-state index in [4.69, 9.17) is 0 Å². The van der Waals surface area contributed by atoms with Gasteiger partial charge in [-0.05, 0) is 34.0 Å². The van der Waals surface area contributed by atoms with E-state index in [1.165, 1.54) is 21.3 Å². The van der Waals surface area contributed by atoms with Gasteiger partial charge in [0.1, 0.15) is 0 Å². The van der Waals surface area contributed by atoms with Gasteiger partial charge < -0.3 is 14.2 Å². The van der Waals surface area contributed by atoms with Crippen molar-refractivity contribution in [2.75, 3.05) is 21.3 Å². The van der Waals surface area contributed by atoms with Gasteiger partial charge in [-0.2, -0.15) is 0 Å². The number of nitrogens with zero attached hydrogens (tertiary/aromatic N) is 3. The maximum atomic E-state index is 10.3. The van der Waals surface area contributed by atoms with Gasteiger partial charge in [0, 0.05) is 0 Å². The molecule has 3 aromatic rings. The molecule has 12 nitrogen and oxygen atoms in total. The second kappa shape index (κ2) is 10.3. The molecule has 24 heavy (non-hydrogen) atoms. The normalized spacial score (nSPS) is 9.12. The molecule has 0 aromatic carbocycles. The number of aromatic amines is 3. The zero-order chi connectivity index (χ0) is 17.9. The number of methoxy groups -OCH3 is 3. The minimum Gasteiger partial charge on any atom is -0.472 e. The Morgan fingerprint density at radius 3 is 0.958 bits per heavy atom. The molecule has 0 unspecified atom stereocenters. The lowest BCUT2D eigenvalue weighted by Gasteiger charge is -1.82. The maximum absolute atomic E-state index is 10.3. The molecule has 0 radical (unpaired) electrons. The zero-order valence-electron chi connectivity index (χ0n) is 12.5. The first-order valence-corrected chi connectivity index (χ1v) is 8.22. The molecule has 3 aromatic heterocycles. The van der Waals surface area contributed by atoms with Gasteiger partial charge in [0.05, 0.1) is 21.3 Å². The van der Waals surface area contributed by atoms with Crippen LogP contribution < -0.4 is 28.8 Å². The van der Waals surface area contributed by atoms with Gasteiger partial charge in [-0.15, -0.1) is 15.3 Å². The Bertz CT molecular complexity index is 760. The lowest BCUT2D eigenvalue weighted by molar-refractivity contribution is 0.407. The number of aromatic nitrogens is 6. The van der Waals surface area contributed by atoms with Gasteiger partial charge in [-0.3, -0.25) is 14.4 Å². The van der Waals surface area contributed by atoms with E-state index in [-0.39, 0.29) is 14.6 Å². The number of ether oxygens (including phenoxy) is 3. The van der Waals surface area contributed by atoms with Crippen LogP contribution in [0.2, 0.25) is 0 Å². The van der Waals surface area contributed by atoms with E-state index in [0.29, 0.717) is 15.6 Å². The average molecular weight is 396 g/mol. The van der Waals surface area contributed by atoms with Crippen molar-refractivity contribution in [2.24, 2.45) is 0 Å². The fourth-order valence-electron chi connectivity index (χ4n) is 0.911. The maximum Gasteiger partial charge on any atom is 0.325 e. The van der Waals surface area contributed by atoms with E-state index >= 15 is 0 Å². The Morgan fingerprint density at radius 1 is 0.625 bits per heavy atom. The van der Waals surface area contributed by atoms with E-state index in [9.17, 15) is 14.4 Å². The van der Waals surface area contributed by atoms with Crippen LogP contribution in [0.4, 0.5) is 0 Å². The molecular weight excluding hydrogens is 384 g/mol. The van der Waals surface area contributed by atoms with Crippen LogP contribution in [0, 0.1) is 0 Å². The highest BCUT2D eigenvalue weighted by atomic mass is 32.1. The van der Waals surface area contributed by atoms with E-state index in [2.05, 4.69) is 44.8 Å². The van der Waals surface area contributed by atoms with E-state index in [0.717, 1.165) is 34.0 Å². The highest BCUT2D eigenvalue weighted by molar-refractivity contribution is 7.11. The molecule has 0 aliphatic heterocycles. The molecule has 0 saturated carbocycles. The van der Waals surface area contributed by atoms with Crippen LogP contribution in [-0.4, -0.2) is 51.9 Å². The van der Waals surface area contributed by atoms with Crippen molar-refractivity contribution in [3.05, 3.63) is 29.0 Å². The topological polar surface area (TPSA) is 165 Å². The number of H-pyrrole nitrogens is 3. The molecule has 3 N–H and O–H groups in total. The van der Waals surface area contributed by atoms with Crippen LogP contribution in [0.3, 0.4) is 0 Å². The lowest BCUT2D eigenvalue weighted by atomic mass is 11.4. The van der Waals surface area contributed by atoms with Crippen LogP contribution in [0.15, 0.2) is 14.4 Å². The summed E-state index contributed by atoms with van der Waals surface area (Å²) in [6.45, 7) is 0. The van der Waals surface area contributed by atoms with Gasteiger partial charge >= 0.3 is 14.6 Å². The van der Waals surface area contributed by atoms with Gasteiger partial charge in [0.25, 0.3) is 15.6 Å². The summed E-state index contributed by atoms with van der Waals surface area (Å²) in [6.07, 6.45) is 0. The fraction of sp³-hybridized carbons (Fsp3) is 0.333. The quantitative estimate of drug-likeness (QED) is 0.530. The molecule has 0 aliphatic carbocycles. The predicted molar refractivity (Wildman–Crippen MR) is 87.9 cm³/mol. The standard InChI is InChI=1S/3C3H4N2O2S/c3*1-7-3-5-4-2(6)8-3/h3*1H3,(H,4,6). The molecule has 0 fully saturated rings. The first-order chi connectivity index (χ1) is 11.5. The van der Waals surface area contributed by atoms with Gasteiger partial charge in [0.2, 0.25) is 0 Å². The Morgan fingerprint density at radius 2 is 0.875 bits per heavy atom. The smallest absolute Gasteiger partial charge is 0.325 e. The minimum atomic E-state index is -0.193. The summed E-state index contributed by atoms with van der Waals surface area (Å²) in [4.78, 5) is 30.2. The highest BCUT2D eigenvalue weighted by Crippen LogP contribution is 2.05. The molecule has 0 saturated heterocycles. The van der Waals surface area contributed by atoms with Crippen LogP contribution in [0.5, 0.6) is 15.6 Å². The van der Waals surface area contributed by atoms with Crippen LogP contribution >= 0.6 is 34.0 Å². The van der Waals surface area contributed by atoms with Crippen LogP contribution in [0.1, 0.15) is 0 Å². The van der Waals surface area contributed by atoms with Crippen LogP contribution in [-0.2, 0) is 0 Å². The number of hydrogen-bond donors (Lipinski definition) is 3. The molecule has 0 bridgehead atoms. The molecular formula is C9H12N6O6S3. The van der Waals surface area contributed by atoms with Gasteiger partial charge in [-0.25, -0.2) is 15.3 Å². The predicted octanol–water partition coefficient (Wildman–Crippen LogP) is -0.480. The van der Waals surface area contributed by atoms with Gasteiger partial charge in [0.15, 0.2) is 0 Å². The summed E-state index contributed by atoms with van der Waals surface area (Å²) in [5.41, 5.74) is 0. The Kier molecular flexibility index (Phi) is 8.37. The molecule has 132 valence electrons. The molecule has 0 amide bonds.